The van der Waals surface area contributed by atoms with E-state index >= 15 is 0 Å². The highest BCUT2D eigenvalue weighted by atomic mass is 19.1. The monoisotopic (exact) mass is 240 g/mol. The van der Waals surface area contributed by atoms with E-state index in [4.69, 9.17) is 5.11 Å². The van der Waals surface area contributed by atoms with Gasteiger partial charge in [0.15, 0.2) is 0 Å². The molecule has 1 aromatic carbocycles. The van der Waals surface area contributed by atoms with Gasteiger partial charge in [-0.15, -0.1) is 0 Å². The average molecular weight is 240 g/mol. The molecule has 0 aliphatic rings. The maximum atomic E-state index is 12.8. The van der Waals surface area contributed by atoms with Crippen LogP contribution in [0.2, 0.25) is 0 Å². The van der Waals surface area contributed by atoms with E-state index in [2.05, 4.69) is 10.6 Å². The molecule has 0 bridgehead atoms. The molecule has 0 spiro atoms. The van der Waals surface area contributed by atoms with Crippen LogP contribution in [0.3, 0.4) is 0 Å². The van der Waals surface area contributed by atoms with Crippen LogP contribution in [0.15, 0.2) is 24.3 Å². The fourth-order valence-electron chi connectivity index (χ4n) is 1.26. The summed E-state index contributed by atoms with van der Waals surface area (Å²) in [5.74, 6) is -2.00. The number of carboxylic acids is 1. The number of halogens is 1. The Kier molecular flexibility index (Phi) is 4.45. The van der Waals surface area contributed by atoms with Crippen molar-refractivity contribution >= 4 is 17.6 Å². The number of carboxylic acid groups (broad SMARTS) is 1. The van der Waals surface area contributed by atoms with Gasteiger partial charge >= 0.3 is 5.97 Å². The minimum absolute atomic E-state index is 0.0155. The Labute approximate surface area is 97.6 Å². The number of nitrogens with one attached hydrogen (secondary N) is 2. The fourth-order valence-corrected chi connectivity index (χ4v) is 1.26. The van der Waals surface area contributed by atoms with Gasteiger partial charge in [0, 0.05) is 19.2 Å². The zero-order valence-corrected chi connectivity index (χ0v) is 9.24. The summed E-state index contributed by atoms with van der Waals surface area (Å²) < 4.78 is 12.8. The van der Waals surface area contributed by atoms with Crippen molar-refractivity contribution < 1.29 is 19.1 Å². The Hall–Kier alpha value is -2.11. The molecular weight excluding hydrogens is 227 g/mol. The fraction of sp³-hybridized carbons (Fsp3) is 0.273. The molecule has 5 nitrogen and oxygen atoms in total. The van der Waals surface area contributed by atoms with Crippen molar-refractivity contribution in [1.29, 1.82) is 0 Å². The maximum Gasteiger partial charge on any atom is 0.328 e. The third-order valence-electron chi connectivity index (χ3n) is 2.01. The molecule has 1 aromatic rings. The van der Waals surface area contributed by atoms with Crippen LogP contribution >= 0.6 is 0 Å². The van der Waals surface area contributed by atoms with Gasteiger partial charge in [-0.25, -0.2) is 9.18 Å². The summed E-state index contributed by atoms with van der Waals surface area (Å²) in [7, 11) is 0. The highest BCUT2D eigenvalue weighted by molar-refractivity contribution is 5.82. The second-order valence-corrected chi connectivity index (χ2v) is 3.48. The molecule has 0 fully saturated rings. The van der Waals surface area contributed by atoms with Crippen molar-refractivity contribution in [3.8, 4) is 0 Å². The zero-order chi connectivity index (χ0) is 12.8. The molecule has 6 heteroatoms. The Bertz CT molecular complexity index is 423. The SMILES string of the molecule is CC(=O)NC(CNc1cccc(F)c1)C(=O)O. The van der Waals surface area contributed by atoms with Gasteiger partial charge in [-0.3, -0.25) is 4.79 Å². The predicted octanol–water partition coefficient (Wildman–Crippen LogP) is 0.827. The largest absolute Gasteiger partial charge is 0.480 e. The third-order valence-corrected chi connectivity index (χ3v) is 2.01. The van der Waals surface area contributed by atoms with E-state index in [1.165, 1.54) is 25.1 Å². The molecule has 1 amide bonds. The lowest BCUT2D eigenvalue weighted by Crippen LogP contribution is -2.44. The summed E-state index contributed by atoms with van der Waals surface area (Å²) in [6.07, 6.45) is 0. The summed E-state index contributed by atoms with van der Waals surface area (Å²) in [5.41, 5.74) is 0.460. The van der Waals surface area contributed by atoms with E-state index < -0.39 is 23.7 Å². The van der Waals surface area contributed by atoms with Crippen molar-refractivity contribution in [2.75, 3.05) is 11.9 Å². The van der Waals surface area contributed by atoms with Gasteiger partial charge in [0.2, 0.25) is 5.91 Å². The van der Waals surface area contributed by atoms with Gasteiger partial charge in [-0.2, -0.15) is 0 Å². The quantitative estimate of drug-likeness (QED) is 0.712. The van der Waals surface area contributed by atoms with Crippen LogP contribution in [0.25, 0.3) is 0 Å². The lowest BCUT2D eigenvalue weighted by molar-refractivity contribution is -0.141. The second kappa shape index (κ2) is 5.83. The number of anilines is 1. The first kappa shape index (κ1) is 13.0. The highest BCUT2D eigenvalue weighted by Gasteiger charge is 2.17. The first-order valence-electron chi connectivity index (χ1n) is 4.98. The molecule has 92 valence electrons. The molecule has 1 unspecified atom stereocenters. The third kappa shape index (κ3) is 4.50. The number of hydrogen-bond donors (Lipinski definition) is 3. The van der Waals surface area contributed by atoms with Crippen molar-refractivity contribution in [2.24, 2.45) is 0 Å². The van der Waals surface area contributed by atoms with Crippen molar-refractivity contribution in [3.05, 3.63) is 30.1 Å². The van der Waals surface area contributed by atoms with Crippen molar-refractivity contribution in [3.63, 3.8) is 0 Å². The van der Waals surface area contributed by atoms with E-state index in [9.17, 15) is 14.0 Å². The molecular formula is C11H13FN2O3. The number of aliphatic carboxylic acids is 1. The summed E-state index contributed by atoms with van der Waals surface area (Å²) in [4.78, 5) is 21.6. The zero-order valence-electron chi connectivity index (χ0n) is 9.24. The Morgan fingerprint density at radius 3 is 2.71 bits per heavy atom. The van der Waals surface area contributed by atoms with E-state index in [0.29, 0.717) is 5.69 Å². The Morgan fingerprint density at radius 2 is 2.18 bits per heavy atom. The molecule has 17 heavy (non-hydrogen) atoms. The summed E-state index contributed by atoms with van der Waals surface area (Å²) in [5, 5.41) is 13.8. The van der Waals surface area contributed by atoms with Crippen molar-refractivity contribution in [2.45, 2.75) is 13.0 Å². The Morgan fingerprint density at radius 1 is 1.47 bits per heavy atom. The van der Waals surface area contributed by atoms with Crippen molar-refractivity contribution in [1.82, 2.24) is 5.32 Å². The van der Waals surface area contributed by atoms with E-state index in [0.717, 1.165) is 0 Å². The first-order valence-corrected chi connectivity index (χ1v) is 4.98. The lowest BCUT2D eigenvalue weighted by atomic mass is 10.2. The average Bonchev–Trinajstić information content (AvgIpc) is 2.23. The number of rotatable bonds is 5. The Balaban J connectivity index is 2.57. The number of benzene rings is 1. The molecule has 0 radical (unpaired) electrons. The lowest BCUT2D eigenvalue weighted by Gasteiger charge is -2.14. The highest BCUT2D eigenvalue weighted by Crippen LogP contribution is 2.08. The van der Waals surface area contributed by atoms with Gasteiger partial charge in [0.05, 0.1) is 0 Å². The number of carbonyl (C=O) groups is 2. The summed E-state index contributed by atoms with van der Waals surface area (Å²) in [6.45, 7) is 1.22. The maximum absolute atomic E-state index is 12.8. The molecule has 0 heterocycles. The van der Waals surface area contributed by atoms with Crippen LogP contribution in [0.1, 0.15) is 6.92 Å². The molecule has 0 saturated carbocycles. The molecule has 0 saturated heterocycles. The molecule has 0 aromatic heterocycles. The van der Waals surface area contributed by atoms with Gasteiger partial charge in [0.1, 0.15) is 11.9 Å². The predicted molar refractivity (Wildman–Crippen MR) is 60.1 cm³/mol. The number of carbonyl (C=O) groups excluding carboxylic acids is 1. The van der Waals surface area contributed by atoms with Crippen LogP contribution in [0, 0.1) is 5.82 Å². The minimum atomic E-state index is -1.15. The molecule has 0 aliphatic heterocycles. The van der Waals surface area contributed by atoms with Crippen LogP contribution in [-0.4, -0.2) is 29.6 Å². The topological polar surface area (TPSA) is 78.4 Å². The summed E-state index contributed by atoms with van der Waals surface area (Å²) in [6, 6.07) is 4.60. The van der Waals surface area contributed by atoms with Crippen LogP contribution in [-0.2, 0) is 9.59 Å². The normalized spacial score (nSPS) is 11.6. The van der Waals surface area contributed by atoms with Gasteiger partial charge < -0.3 is 15.7 Å². The first-order chi connectivity index (χ1) is 7.99. The molecule has 0 aliphatic carbocycles. The van der Waals surface area contributed by atoms with Gasteiger partial charge in [-0.1, -0.05) is 6.07 Å². The van der Waals surface area contributed by atoms with E-state index in [1.807, 2.05) is 0 Å². The van der Waals surface area contributed by atoms with Crippen LogP contribution in [0.4, 0.5) is 10.1 Å². The molecule has 3 N–H and O–H groups in total. The smallest absolute Gasteiger partial charge is 0.328 e. The van der Waals surface area contributed by atoms with Gasteiger partial charge in [-0.05, 0) is 18.2 Å². The summed E-state index contributed by atoms with van der Waals surface area (Å²) >= 11 is 0. The van der Waals surface area contributed by atoms with E-state index in [1.54, 1.807) is 6.07 Å². The van der Waals surface area contributed by atoms with Gasteiger partial charge in [0.25, 0.3) is 0 Å². The molecule has 1 rings (SSSR count). The van der Waals surface area contributed by atoms with Crippen LogP contribution < -0.4 is 10.6 Å². The number of hydrogen-bond acceptors (Lipinski definition) is 3. The second-order valence-electron chi connectivity index (χ2n) is 3.48. The molecule has 1 atom stereocenters. The standard InChI is InChI=1S/C11H13FN2O3/c1-7(15)14-10(11(16)17)6-13-9-4-2-3-8(12)5-9/h2-5,10,13H,6H2,1H3,(H,14,15)(H,16,17). The van der Waals surface area contributed by atoms with Crippen LogP contribution in [0.5, 0.6) is 0 Å². The minimum Gasteiger partial charge on any atom is -0.480 e. The van der Waals surface area contributed by atoms with E-state index in [-0.39, 0.29) is 6.54 Å². The number of amides is 1.